The van der Waals surface area contributed by atoms with Crippen molar-refractivity contribution in [1.29, 1.82) is 0 Å². The SMILES string of the molecule is OCCCC1c2ccccc2CCc2ccccc21. The molecule has 0 spiro atoms. The van der Waals surface area contributed by atoms with Crippen LogP contribution in [-0.4, -0.2) is 11.7 Å². The lowest BCUT2D eigenvalue weighted by atomic mass is 9.85. The summed E-state index contributed by atoms with van der Waals surface area (Å²) in [5.41, 5.74) is 5.87. The molecule has 0 aromatic heterocycles. The lowest BCUT2D eigenvalue weighted by Gasteiger charge is -2.20. The van der Waals surface area contributed by atoms with E-state index < -0.39 is 0 Å². The van der Waals surface area contributed by atoms with Crippen LogP contribution in [0.4, 0.5) is 0 Å². The summed E-state index contributed by atoms with van der Waals surface area (Å²) >= 11 is 0. The lowest BCUT2D eigenvalue weighted by Crippen LogP contribution is -2.04. The van der Waals surface area contributed by atoms with E-state index in [2.05, 4.69) is 48.5 Å². The molecule has 0 saturated heterocycles. The molecule has 0 aliphatic heterocycles. The zero-order chi connectivity index (χ0) is 13.1. The highest BCUT2D eigenvalue weighted by atomic mass is 16.2. The quantitative estimate of drug-likeness (QED) is 0.883. The van der Waals surface area contributed by atoms with Crippen LogP contribution in [0.1, 0.15) is 41.0 Å². The van der Waals surface area contributed by atoms with Crippen molar-refractivity contribution in [2.75, 3.05) is 6.61 Å². The summed E-state index contributed by atoms with van der Waals surface area (Å²) in [6, 6.07) is 17.6. The summed E-state index contributed by atoms with van der Waals surface area (Å²) in [6.07, 6.45) is 4.16. The summed E-state index contributed by atoms with van der Waals surface area (Å²) in [5, 5.41) is 9.16. The fraction of sp³-hybridized carbons (Fsp3) is 0.333. The van der Waals surface area contributed by atoms with E-state index in [9.17, 15) is 0 Å². The van der Waals surface area contributed by atoms with Gasteiger partial charge in [0.2, 0.25) is 0 Å². The average Bonchev–Trinajstić information content (AvgIpc) is 2.62. The minimum absolute atomic E-state index is 0.279. The van der Waals surface area contributed by atoms with Crippen molar-refractivity contribution in [1.82, 2.24) is 0 Å². The Hall–Kier alpha value is -1.60. The van der Waals surface area contributed by atoms with Gasteiger partial charge in [0.15, 0.2) is 0 Å². The summed E-state index contributed by atoms with van der Waals surface area (Å²) < 4.78 is 0. The van der Waals surface area contributed by atoms with Gasteiger partial charge >= 0.3 is 0 Å². The summed E-state index contributed by atoms with van der Waals surface area (Å²) in [4.78, 5) is 0. The Kier molecular flexibility index (Phi) is 3.65. The molecule has 19 heavy (non-hydrogen) atoms. The predicted molar refractivity (Wildman–Crippen MR) is 78.5 cm³/mol. The molecule has 2 aromatic rings. The highest BCUT2D eigenvalue weighted by Crippen LogP contribution is 2.36. The minimum Gasteiger partial charge on any atom is -0.396 e. The smallest absolute Gasteiger partial charge is 0.0431 e. The van der Waals surface area contributed by atoms with Gasteiger partial charge in [0.1, 0.15) is 0 Å². The van der Waals surface area contributed by atoms with Crippen molar-refractivity contribution in [3.63, 3.8) is 0 Å². The van der Waals surface area contributed by atoms with Crippen LogP contribution in [0.2, 0.25) is 0 Å². The first-order chi connectivity index (χ1) is 9.40. The fourth-order valence-electron chi connectivity index (χ4n) is 3.25. The maximum atomic E-state index is 9.16. The van der Waals surface area contributed by atoms with E-state index in [-0.39, 0.29) is 6.61 Å². The van der Waals surface area contributed by atoms with E-state index in [1.165, 1.54) is 22.3 Å². The van der Waals surface area contributed by atoms with Crippen molar-refractivity contribution in [3.8, 4) is 0 Å². The Balaban J connectivity index is 2.08. The molecule has 0 atom stereocenters. The van der Waals surface area contributed by atoms with Gasteiger partial charge in [0, 0.05) is 12.5 Å². The molecular formula is C18H20O. The summed E-state index contributed by atoms with van der Waals surface area (Å²) in [6.45, 7) is 0.279. The van der Waals surface area contributed by atoms with Crippen LogP contribution in [0.5, 0.6) is 0 Å². The van der Waals surface area contributed by atoms with Crippen molar-refractivity contribution >= 4 is 0 Å². The number of benzene rings is 2. The molecular weight excluding hydrogens is 232 g/mol. The number of hydrogen-bond donors (Lipinski definition) is 1. The Morgan fingerprint density at radius 1 is 0.842 bits per heavy atom. The number of fused-ring (bicyclic) bond motifs is 2. The van der Waals surface area contributed by atoms with Gasteiger partial charge in [0.25, 0.3) is 0 Å². The summed E-state index contributed by atoms with van der Waals surface area (Å²) in [5.74, 6) is 0.446. The van der Waals surface area contributed by atoms with E-state index in [1.807, 2.05) is 0 Å². The van der Waals surface area contributed by atoms with Gasteiger partial charge in [-0.2, -0.15) is 0 Å². The number of rotatable bonds is 3. The van der Waals surface area contributed by atoms with E-state index in [1.54, 1.807) is 0 Å². The first-order valence-electron chi connectivity index (χ1n) is 7.16. The predicted octanol–water partition coefficient (Wildman–Crippen LogP) is 3.69. The monoisotopic (exact) mass is 252 g/mol. The molecule has 2 aromatic carbocycles. The highest BCUT2D eigenvalue weighted by molar-refractivity contribution is 5.44. The third-order valence-electron chi connectivity index (χ3n) is 4.18. The largest absolute Gasteiger partial charge is 0.396 e. The minimum atomic E-state index is 0.279. The van der Waals surface area contributed by atoms with Crippen LogP contribution in [0, 0.1) is 0 Å². The number of aliphatic hydroxyl groups excluding tert-OH is 1. The van der Waals surface area contributed by atoms with Gasteiger partial charge in [-0.05, 0) is 47.9 Å². The normalized spacial score (nSPS) is 14.6. The molecule has 3 rings (SSSR count). The molecule has 0 unspecified atom stereocenters. The second-order valence-electron chi connectivity index (χ2n) is 5.32. The molecule has 1 N–H and O–H groups in total. The molecule has 1 nitrogen and oxygen atoms in total. The number of aryl methyl sites for hydroxylation is 2. The van der Waals surface area contributed by atoms with E-state index in [0.717, 1.165) is 25.7 Å². The van der Waals surface area contributed by atoms with Crippen molar-refractivity contribution in [2.24, 2.45) is 0 Å². The van der Waals surface area contributed by atoms with Crippen molar-refractivity contribution in [3.05, 3.63) is 70.8 Å². The lowest BCUT2D eigenvalue weighted by molar-refractivity contribution is 0.282. The molecule has 0 radical (unpaired) electrons. The third-order valence-corrected chi connectivity index (χ3v) is 4.18. The molecule has 1 heteroatoms. The van der Waals surface area contributed by atoms with Crippen LogP contribution in [-0.2, 0) is 12.8 Å². The van der Waals surface area contributed by atoms with Gasteiger partial charge in [-0.15, -0.1) is 0 Å². The Morgan fingerprint density at radius 3 is 1.89 bits per heavy atom. The first-order valence-corrected chi connectivity index (χ1v) is 7.16. The fourth-order valence-corrected chi connectivity index (χ4v) is 3.25. The average molecular weight is 252 g/mol. The molecule has 98 valence electrons. The second-order valence-corrected chi connectivity index (χ2v) is 5.32. The van der Waals surface area contributed by atoms with Crippen LogP contribution >= 0.6 is 0 Å². The molecule has 1 aliphatic rings. The standard InChI is InChI=1S/C18H20O/c19-13-5-10-18-16-8-3-1-6-14(16)11-12-15-7-2-4-9-17(15)18/h1-4,6-9,18-19H,5,10-13H2. The zero-order valence-corrected chi connectivity index (χ0v) is 11.2. The van der Waals surface area contributed by atoms with Gasteiger partial charge in [-0.3, -0.25) is 0 Å². The topological polar surface area (TPSA) is 20.2 Å². The zero-order valence-electron chi connectivity index (χ0n) is 11.2. The van der Waals surface area contributed by atoms with E-state index in [4.69, 9.17) is 5.11 Å². The van der Waals surface area contributed by atoms with Gasteiger partial charge in [0.05, 0.1) is 0 Å². The molecule has 1 aliphatic carbocycles. The van der Waals surface area contributed by atoms with E-state index in [0.29, 0.717) is 5.92 Å². The third kappa shape index (κ3) is 2.43. The van der Waals surface area contributed by atoms with Crippen LogP contribution in [0.3, 0.4) is 0 Å². The van der Waals surface area contributed by atoms with Crippen LogP contribution in [0.15, 0.2) is 48.5 Å². The Labute approximate surface area is 114 Å². The van der Waals surface area contributed by atoms with Gasteiger partial charge in [-0.1, -0.05) is 48.5 Å². The Bertz CT molecular complexity index is 512. The molecule has 0 fully saturated rings. The van der Waals surface area contributed by atoms with E-state index >= 15 is 0 Å². The van der Waals surface area contributed by atoms with Crippen molar-refractivity contribution in [2.45, 2.75) is 31.6 Å². The van der Waals surface area contributed by atoms with Gasteiger partial charge in [-0.25, -0.2) is 0 Å². The highest BCUT2D eigenvalue weighted by Gasteiger charge is 2.22. The molecule has 0 amide bonds. The molecule has 0 heterocycles. The molecule has 0 saturated carbocycles. The number of aliphatic hydroxyl groups is 1. The maximum absolute atomic E-state index is 9.16. The van der Waals surface area contributed by atoms with Crippen LogP contribution < -0.4 is 0 Å². The molecule has 0 bridgehead atoms. The van der Waals surface area contributed by atoms with Crippen LogP contribution in [0.25, 0.3) is 0 Å². The maximum Gasteiger partial charge on any atom is 0.0431 e. The number of hydrogen-bond acceptors (Lipinski definition) is 1. The first kappa shape index (κ1) is 12.4. The van der Waals surface area contributed by atoms with Gasteiger partial charge < -0.3 is 5.11 Å². The Morgan fingerprint density at radius 2 is 1.37 bits per heavy atom. The second kappa shape index (κ2) is 5.58. The summed E-state index contributed by atoms with van der Waals surface area (Å²) in [7, 11) is 0. The van der Waals surface area contributed by atoms with Crippen molar-refractivity contribution < 1.29 is 5.11 Å².